The van der Waals surface area contributed by atoms with Crippen LogP contribution in [0.5, 0.6) is 0 Å². The van der Waals surface area contributed by atoms with E-state index in [2.05, 4.69) is 26.2 Å². The minimum atomic E-state index is -0.232. The van der Waals surface area contributed by atoms with Gasteiger partial charge < -0.3 is 9.88 Å². The van der Waals surface area contributed by atoms with E-state index >= 15 is 0 Å². The molecule has 0 unspecified atom stereocenters. The molecule has 0 aliphatic heterocycles. The molecule has 0 saturated heterocycles. The summed E-state index contributed by atoms with van der Waals surface area (Å²) in [4.78, 5) is 4.24. The van der Waals surface area contributed by atoms with Crippen LogP contribution >= 0.6 is 15.9 Å². The largest absolute Gasteiger partial charge is 0.333 e. The van der Waals surface area contributed by atoms with Crippen LogP contribution in [0.4, 0.5) is 4.39 Å². The Kier molecular flexibility index (Phi) is 3.91. The van der Waals surface area contributed by atoms with Gasteiger partial charge in [0.2, 0.25) is 0 Å². The molecule has 0 spiro atoms. The fourth-order valence-corrected chi connectivity index (χ4v) is 2.19. The lowest BCUT2D eigenvalue weighted by Crippen LogP contribution is -2.05. The van der Waals surface area contributed by atoms with Crippen molar-refractivity contribution in [1.82, 2.24) is 14.9 Å². The minimum Gasteiger partial charge on any atom is -0.333 e. The van der Waals surface area contributed by atoms with Crippen molar-refractivity contribution in [3.63, 3.8) is 0 Å². The van der Waals surface area contributed by atoms with E-state index in [1.54, 1.807) is 6.33 Å². The third-order valence-corrected chi connectivity index (χ3v) is 2.79. The molecule has 0 amide bonds. The molecule has 0 atom stereocenters. The Hall–Kier alpha value is -1.20. The molecule has 0 radical (unpaired) electrons. The molecular formula is C12H13BrFN3. The number of nitrogens with one attached hydrogen (secondary N) is 1. The van der Waals surface area contributed by atoms with Crippen molar-refractivity contribution in [3.05, 3.63) is 52.3 Å². The lowest BCUT2D eigenvalue weighted by molar-refractivity contribution is 0.622. The highest BCUT2D eigenvalue weighted by atomic mass is 79.9. The summed E-state index contributed by atoms with van der Waals surface area (Å²) in [5.41, 5.74) is 1.88. The number of benzene rings is 1. The van der Waals surface area contributed by atoms with Crippen LogP contribution in [0.25, 0.3) is 0 Å². The average molecular weight is 298 g/mol. The molecule has 90 valence electrons. The zero-order valence-corrected chi connectivity index (χ0v) is 11.0. The number of hydrogen-bond donors (Lipinski definition) is 1. The number of imidazole rings is 1. The van der Waals surface area contributed by atoms with Crippen molar-refractivity contribution in [2.75, 3.05) is 7.05 Å². The van der Waals surface area contributed by atoms with Crippen molar-refractivity contribution in [2.24, 2.45) is 0 Å². The maximum absolute atomic E-state index is 13.2. The van der Waals surface area contributed by atoms with E-state index in [4.69, 9.17) is 0 Å². The van der Waals surface area contributed by atoms with E-state index in [0.717, 1.165) is 22.3 Å². The predicted octanol–water partition coefficient (Wildman–Crippen LogP) is 2.55. The molecular weight excluding hydrogens is 285 g/mol. The maximum Gasteiger partial charge on any atom is 0.124 e. The average Bonchev–Trinajstić information content (AvgIpc) is 2.64. The molecule has 0 bridgehead atoms. The molecule has 0 fully saturated rings. The summed E-state index contributed by atoms with van der Waals surface area (Å²) in [6.45, 7) is 1.35. The monoisotopic (exact) mass is 297 g/mol. The fraction of sp³-hybridized carbons (Fsp3) is 0.250. The van der Waals surface area contributed by atoms with E-state index in [1.807, 2.05) is 23.9 Å². The molecule has 1 aromatic carbocycles. The highest BCUT2D eigenvalue weighted by molar-refractivity contribution is 9.10. The van der Waals surface area contributed by atoms with E-state index in [-0.39, 0.29) is 5.82 Å². The quantitative estimate of drug-likeness (QED) is 0.940. The zero-order chi connectivity index (χ0) is 12.3. The second-order valence-electron chi connectivity index (χ2n) is 3.85. The van der Waals surface area contributed by atoms with Crippen molar-refractivity contribution >= 4 is 15.9 Å². The topological polar surface area (TPSA) is 29.9 Å². The second-order valence-corrected chi connectivity index (χ2v) is 4.76. The van der Waals surface area contributed by atoms with Gasteiger partial charge in [0.05, 0.1) is 12.0 Å². The van der Waals surface area contributed by atoms with Crippen LogP contribution in [0.15, 0.2) is 35.2 Å². The summed E-state index contributed by atoms with van der Waals surface area (Å²) in [6, 6.07) is 4.88. The van der Waals surface area contributed by atoms with Gasteiger partial charge in [-0.1, -0.05) is 15.9 Å². The zero-order valence-electron chi connectivity index (χ0n) is 9.45. The van der Waals surface area contributed by atoms with Crippen LogP contribution in [0.3, 0.4) is 0 Å². The standard InChI is InChI=1S/C12H13BrFN3/c1-15-5-12-7-17(8-16-12)6-9-2-10(13)4-11(14)3-9/h2-4,7-8,15H,5-6H2,1H3. The first-order valence-electron chi connectivity index (χ1n) is 5.27. The molecule has 0 aliphatic rings. The number of nitrogens with zero attached hydrogens (tertiary/aromatic N) is 2. The van der Waals surface area contributed by atoms with Gasteiger partial charge in [0.25, 0.3) is 0 Å². The van der Waals surface area contributed by atoms with Gasteiger partial charge in [0.1, 0.15) is 5.82 Å². The van der Waals surface area contributed by atoms with Gasteiger partial charge >= 0.3 is 0 Å². The van der Waals surface area contributed by atoms with Crippen molar-refractivity contribution < 1.29 is 4.39 Å². The molecule has 5 heteroatoms. The molecule has 0 aliphatic carbocycles. The van der Waals surface area contributed by atoms with Crippen LogP contribution in [0, 0.1) is 5.82 Å². The number of aromatic nitrogens is 2. The highest BCUT2D eigenvalue weighted by Gasteiger charge is 2.02. The van der Waals surface area contributed by atoms with Gasteiger partial charge in [0, 0.05) is 23.8 Å². The summed E-state index contributed by atoms with van der Waals surface area (Å²) in [5, 5.41) is 3.04. The van der Waals surface area contributed by atoms with Crippen molar-refractivity contribution in [2.45, 2.75) is 13.1 Å². The number of hydrogen-bond acceptors (Lipinski definition) is 2. The Morgan fingerprint density at radius 1 is 1.41 bits per heavy atom. The first-order chi connectivity index (χ1) is 8.17. The molecule has 2 rings (SSSR count). The van der Waals surface area contributed by atoms with Gasteiger partial charge in [-0.15, -0.1) is 0 Å². The van der Waals surface area contributed by atoms with Crippen molar-refractivity contribution in [1.29, 1.82) is 0 Å². The normalized spacial score (nSPS) is 10.8. The fourth-order valence-electron chi connectivity index (χ4n) is 1.68. The van der Waals surface area contributed by atoms with E-state index in [1.165, 1.54) is 12.1 Å². The highest BCUT2D eigenvalue weighted by Crippen LogP contribution is 2.15. The van der Waals surface area contributed by atoms with Gasteiger partial charge in [-0.2, -0.15) is 0 Å². The summed E-state index contributed by atoms with van der Waals surface area (Å²) < 4.78 is 15.9. The summed E-state index contributed by atoms with van der Waals surface area (Å²) in [6.07, 6.45) is 3.71. The molecule has 1 heterocycles. The Labute approximate surface area is 108 Å². The summed E-state index contributed by atoms with van der Waals surface area (Å²) in [7, 11) is 1.88. The lowest BCUT2D eigenvalue weighted by Gasteiger charge is -2.03. The third-order valence-electron chi connectivity index (χ3n) is 2.33. The second kappa shape index (κ2) is 5.42. The lowest BCUT2D eigenvalue weighted by atomic mass is 10.2. The van der Waals surface area contributed by atoms with Crippen LogP contribution in [-0.4, -0.2) is 16.6 Å². The van der Waals surface area contributed by atoms with Gasteiger partial charge in [-0.05, 0) is 30.8 Å². The SMILES string of the molecule is CNCc1cn(Cc2cc(F)cc(Br)c2)cn1. The van der Waals surface area contributed by atoms with Crippen LogP contribution in [-0.2, 0) is 13.1 Å². The molecule has 3 nitrogen and oxygen atoms in total. The van der Waals surface area contributed by atoms with E-state index in [0.29, 0.717) is 6.54 Å². The Morgan fingerprint density at radius 3 is 2.94 bits per heavy atom. The van der Waals surface area contributed by atoms with E-state index < -0.39 is 0 Å². The molecule has 2 aromatic rings. The van der Waals surface area contributed by atoms with E-state index in [9.17, 15) is 4.39 Å². The Balaban J connectivity index is 2.13. The maximum atomic E-state index is 13.2. The Morgan fingerprint density at radius 2 is 2.24 bits per heavy atom. The summed E-state index contributed by atoms with van der Waals surface area (Å²) in [5.74, 6) is -0.232. The molecule has 0 saturated carbocycles. The third kappa shape index (κ3) is 3.38. The van der Waals surface area contributed by atoms with Crippen LogP contribution in [0.1, 0.15) is 11.3 Å². The van der Waals surface area contributed by atoms with Crippen LogP contribution < -0.4 is 5.32 Å². The number of rotatable bonds is 4. The number of halogens is 2. The smallest absolute Gasteiger partial charge is 0.124 e. The Bertz CT molecular complexity index is 490. The molecule has 1 aromatic heterocycles. The molecule has 1 N–H and O–H groups in total. The van der Waals surface area contributed by atoms with Gasteiger partial charge in [-0.25, -0.2) is 9.37 Å². The van der Waals surface area contributed by atoms with Crippen molar-refractivity contribution in [3.8, 4) is 0 Å². The first-order valence-corrected chi connectivity index (χ1v) is 6.07. The molecule has 17 heavy (non-hydrogen) atoms. The predicted molar refractivity (Wildman–Crippen MR) is 68.2 cm³/mol. The first kappa shape index (κ1) is 12.3. The minimum absolute atomic E-state index is 0.232. The summed E-state index contributed by atoms with van der Waals surface area (Å²) >= 11 is 3.28. The van der Waals surface area contributed by atoms with Gasteiger partial charge in [-0.3, -0.25) is 0 Å². The van der Waals surface area contributed by atoms with Crippen LogP contribution in [0.2, 0.25) is 0 Å². The van der Waals surface area contributed by atoms with Gasteiger partial charge in [0.15, 0.2) is 0 Å².